The highest BCUT2D eigenvalue weighted by molar-refractivity contribution is 5.86. The van der Waals surface area contributed by atoms with Gasteiger partial charge in [0.15, 0.2) is 0 Å². The lowest BCUT2D eigenvalue weighted by Crippen LogP contribution is -2.27. The zero-order valence-electron chi connectivity index (χ0n) is 11.3. The number of rotatable bonds is 8. The summed E-state index contributed by atoms with van der Waals surface area (Å²) in [6, 6.07) is 0. The van der Waals surface area contributed by atoms with Crippen molar-refractivity contribution in [3.8, 4) is 0 Å². The van der Waals surface area contributed by atoms with E-state index in [1.165, 1.54) is 7.11 Å². The molecule has 1 fully saturated rings. The third-order valence-electron chi connectivity index (χ3n) is 3.32. The highest BCUT2D eigenvalue weighted by Gasteiger charge is 2.34. The van der Waals surface area contributed by atoms with Crippen LogP contribution in [-0.4, -0.2) is 48.1 Å². The number of carbonyl (C=O) groups is 3. The fourth-order valence-corrected chi connectivity index (χ4v) is 2.25. The molecule has 0 aromatic heterocycles. The second kappa shape index (κ2) is 7.76. The molecule has 108 valence electrons. The molecule has 0 saturated carbocycles. The highest BCUT2D eigenvalue weighted by atomic mass is 16.5. The fraction of sp³-hybridized carbons (Fsp3) is 0.769. The van der Waals surface area contributed by atoms with Gasteiger partial charge in [-0.25, -0.2) is 0 Å². The lowest BCUT2D eigenvalue weighted by molar-refractivity contribution is -0.145. The number of likely N-dealkylation sites (tertiary alicyclic amines) is 1. The van der Waals surface area contributed by atoms with Crippen molar-refractivity contribution in [3.63, 3.8) is 0 Å². The molecule has 1 aliphatic rings. The molecule has 1 unspecified atom stereocenters. The molecular formula is C13H21NO5. The van der Waals surface area contributed by atoms with E-state index in [2.05, 4.69) is 4.74 Å². The first-order chi connectivity index (χ1) is 9.04. The van der Waals surface area contributed by atoms with Gasteiger partial charge in [-0.1, -0.05) is 12.8 Å². The first-order valence-electron chi connectivity index (χ1n) is 6.62. The van der Waals surface area contributed by atoms with E-state index in [9.17, 15) is 14.4 Å². The van der Waals surface area contributed by atoms with Crippen LogP contribution in [0.4, 0.5) is 0 Å². The van der Waals surface area contributed by atoms with E-state index < -0.39 is 5.97 Å². The van der Waals surface area contributed by atoms with Gasteiger partial charge < -0.3 is 14.7 Å². The minimum atomic E-state index is -0.768. The van der Waals surface area contributed by atoms with Crippen molar-refractivity contribution < 1.29 is 24.2 Å². The molecule has 1 N–H and O–H groups in total. The van der Waals surface area contributed by atoms with Gasteiger partial charge in [0.05, 0.1) is 13.0 Å². The Kier molecular flexibility index (Phi) is 6.32. The van der Waals surface area contributed by atoms with Crippen LogP contribution < -0.4 is 0 Å². The zero-order valence-corrected chi connectivity index (χ0v) is 11.3. The maximum Gasteiger partial charge on any atom is 0.310 e. The molecule has 0 spiro atoms. The minimum Gasteiger partial charge on any atom is -0.481 e. The van der Waals surface area contributed by atoms with E-state index in [4.69, 9.17) is 5.11 Å². The van der Waals surface area contributed by atoms with E-state index in [1.54, 1.807) is 4.90 Å². The van der Waals surface area contributed by atoms with Gasteiger partial charge in [-0.15, -0.1) is 0 Å². The van der Waals surface area contributed by atoms with E-state index >= 15 is 0 Å². The predicted octanol–water partition coefficient (Wildman–Crippen LogP) is 1.04. The molecule has 1 amide bonds. The average Bonchev–Trinajstić information content (AvgIpc) is 2.74. The van der Waals surface area contributed by atoms with Gasteiger partial charge in [-0.3, -0.25) is 14.4 Å². The van der Waals surface area contributed by atoms with Crippen LogP contribution in [0.5, 0.6) is 0 Å². The number of carbonyl (C=O) groups excluding carboxylic acids is 2. The molecule has 1 atom stereocenters. The molecule has 19 heavy (non-hydrogen) atoms. The lowest BCUT2D eigenvalue weighted by atomic mass is 10.1. The second-order valence-electron chi connectivity index (χ2n) is 4.82. The maximum atomic E-state index is 11.7. The van der Waals surface area contributed by atoms with E-state index in [1.807, 2.05) is 0 Å². The number of hydrogen-bond acceptors (Lipinski definition) is 4. The van der Waals surface area contributed by atoms with Crippen LogP contribution in [0.25, 0.3) is 0 Å². The Morgan fingerprint density at radius 3 is 2.63 bits per heavy atom. The summed E-state index contributed by atoms with van der Waals surface area (Å²) in [7, 11) is 1.33. The van der Waals surface area contributed by atoms with Crippen molar-refractivity contribution in [2.45, 2.75) is 38.5 Å². The molecule has 0 bridgehead atoms. The van der Waals surface area contributed by atoms with Crippen molar-refractivity contribution in [1.29, 1.82) is 0 Å². The first kappa shape index (κ1) is 15.5. The Labute approximate surface area is 112 Å². The quantitative estimate of drug-likeness (QED) is 0.527. The number of esters is 1. The molecule has 1 saturated heterocycles. The summed E-state index contributed by atoms with van der Waals surface area (Å²) in [5.41, 5.74) is 0. The molecule has 6 heteroatoms. The van der Waals surface area contributed by atoms with Crippen molar-refractivity contribution in [3.05, 3.63) is 0 Å². The molecule has 0 aliphatic carbocycles. The van der Waals surface area contributed by atoms with E-state index in [0.29, 0.717) is 19.5 Å². The smallest absolute Gasteiger partial charge is 0.310 e. The second-order valence-corrected chi connectivity index (χ2v) is 4.82. The first-order valence-corrected chi connectivity index (χ1v) is 6.62. The molecule has 6 nitrogen and oxygen atoms in total. The fourth-order valence-electron chi connectivity index (χ4n) is 2.25. The van der Waals surface area contributed by atoms with Crippen LogP contribution in [0, 0.1) is 5.92 Å². The summed E-state index contributed by atoms with van der Waals surface area (Å²) in [4.78, 5) is 35.0. The summed E-state index contributed by atoms with van der Waals surface area (Å²) in [6.07, 6.45) is 3.72. The minimum absolute atomic E-state index is 0.000867. The van der Waals surface area contributed by atoms with Crippen LogP contribution in [0.2, 0.25) is 0 Å². The molecular weight excluding hydrogens is 250 g/mol. The number of amides is 1. The predicted molar refractivity (Wildman–Crippen MR) is 67.4 cm³/mol. The lowest BCUT2D eigenvalue weighted by Gasteiger charge is -2.15. The van der Waals surface area contributed by atoms with Crippen molar-refractivity contribution in [2.75, 3.05) is 20.2 Å². The normalized spacial score (nSPS) is 18.7. The molecule has 0 aromatic rings. The van der Waals surface area contributed by atoms with Gasteiger partial charge in [0.1, 0.15) is 0 Å². The van der Waals surface area contributed by atoms with Crippen LogP contribution in [0.3, 0.4) is 0 Å². The molecule has 1 heterocycles. The number of unbranched alkanes of at least 4 members (excludes halogenated alkanes) is 3. The number of ether oxygens (including phenoxy) is 1. The zero-order chi connectivity index (χ0) is 14.3. The van der Waals surface area contributed by atoms with Crippen LogP contribution in [0.15, 0.2) is 0 Å². The standard InChI is InChI=1S/C13H21NO5/c1-19-13(18)10-8-11(15)14(9-10)7-5-3-2-4-6-12(16)17/h10H,2-9H2,1H3,(H,16,17). The summed E-state index contributed by atoms with van der Waals surface area (Å²) in [6.45, 7) is 1.08. The van der Waals surface area contributed by atoms with Crippen molar-refractivity contribution >= 4 is 17.8 Å². The number of methoxy groups -OCH3 is 1. The van der Waals surface area contributed by atoms with Crippen LogP contribution in [0.1, 0.15) is 38.5 Å². The van der Waals surface area contributed by atoms with Crippen LogP contribution in [-0.2, 0) is 19.1 Å². The largest absolute Gasteiger partial charge is 0.481 e. The Morgan fingerprint density at radius 2 is 2.00 bits per heavy atom. The van der Waals surface area contributed by atoms with Gasteiger partial charge in [0.2, 0.25) is 5.91 Å². The number of aliphatic carboxylic acids is 1. The summed E-state index contributed by atoms with van der Waals surface area (Å²) >= 11 is 0. The van der Waals surface area contributed by atoms with Crippen LogP contribution >= 0.6 is 0 Å². The average molecular weight is 271 g/mol. The topological polar surface area (TPSA) is 83.9 Å². The van der Waals surface area contributed by atoms with Gasteiger partial charge in [-0.05, 0) is 12.8 Å². The Morgan fingerprint density at radius 1 is 1.32 bits per heavy atom. The number of nitrogens with zero attached hydrogens (tertiary/aromatic N) is 1. The molecule has 0 radical (unpaired) electrons. The third kappa shape index (κ3) is 5.28. The Bertz CT molecular complexity index is 342. The number of carboxylic acid groups (broad SMARTS) is 1. The highest BCUT2D eigenvalue weighted by Crippen LogP contribution is 2.19. The SMILES string of the molecule is COC(=O)C1CC(=O)N(CCCCCCC(=O)O)C1. The number of hydrogen-bond donors (Lipinski definition) is 1. The van der Waals surface area contributed by atoms with Gasteiger partial charge in [0.25, 0.3) is 0 Å². The van der Waals surface area contributed by atoms with E-state index in [-0.39, 0.29) is 30.6 Å². The molecule has 1 rings (SSSR count). The maximum absolute atomic E-state index is 11.7. The number of carboxylic acids is 1. The van der Waals surface area contributed by atoms with Gasteiger partial charge >= 0.3 is 11.9 Å². The summed E-state index contributed by atoms with van der Waals surface area (Å²) in [5.74, 6) is -1.42. The van der Waals surface area contributed by atoms with E-state index in [0.717, 1.165) is 19.3 Å². The third-order valence-corrected chi connectivity index (χ3v) is 3.32. The van der Waals surface area contributed by atoms with Gasteiger partial charge in [0, 0.05) is 25.9 Å². The summed E-state index contributed by atoms with van der Waals surface area (Å²) < 4.78 is 4.64. The summed E-state index contributed by atoms with van der Waals surface area (Å²) in [5, 5.41) is 8.49. The van der Waals surface area contributed by atoms with Crippen molar-refractivity contribution in [1.82, 2.24) is 4.90 Å². The molecule has 0 aromatic carbocycles. The Hall–Kier alpha value is -1.59. The Balaban J connectivity index is 2.14. The van der Waals surface area contributed by atoms with Crippen molar-refractivity contribution in [2.24, 2.45) is 5.92 Å². The van der Waals surface area contributed by atoms with Gasteiger partial charge in [-0.2, -0.15) is 0 Å². The molecule has 1 aliphatic heterocycles. The monoisotopic (exact) mass is 271 g/mol.